The normalized spacial score (nSPS) is 17.8. The molecule has 148 valence electrons. The lowest BCUT2D eigenvalue weighted by Crippen LogP contribution is -2.43. The second-order valence-corrected chi connectivity index (χ2v) is 8.73. The van der Waals surface area contributed by atoms with Crippen LogP contribution in [0, 0.1) is 6.92 Å². The highest BCUT2D eigenvalue weighted by Crippen LogP contribution is 2.20. The van der Waals surface area contributed by atoms with Crippen molar-refractivity contribution in [3.8, 4) is 0 Å². The highest BCUT2D eigenvalue weighted by atomic mass is 32.2. The first-order valence-corrected chi connectivity index (χ1v) is 10.9. The van der Waals surface area contributed by atoms with Gasteiger partial charge in [0.1, 0.15) is 11.5 Å². The molecule has 1 amide bonds. The fourth-order valence-electron chi connectivity index (χ4n) is 3.44. The second-order valence-electron chi connectivity index (χ2n) is 6.79. The first-order chi connectivity index (χ1) is 12.8. The molecule has 2 aromatic heterocycles. The van der Waals surface area contributed by atoms with Crippen molar-refractivity contribution in [2.75, 3.05) is 25.9 Å². The Hall–Kier alpha value is -2.20. The lowest BCUT2D eigenvalue weighted by Gasteiger charge is -2.27. The Morgan fingerprint density at radius 2 is 2.15 bits per heavy atom. The van der Waals surface area contributed by atoms with Crippen LogP contribution in [0.15, 0.2) is 24.7 Å². The number of carbonyl (C=O) groups is 1. The van der Waals surface area contributed by atoms with E-state index in [0.29, 0.717) is 44.8 Å². The quantitative estimate of drug-likeness (QED) is 0.685. The van der Waals surface area contributed by atoms with Gasteiger partial charge in [-0.3, -0.25) is 9.48 Å². The molecule has 0 saturated carbocycles. The number of likely N-dealkylation sites (tertiary alicyclic amines) is 1. The lowest BCUT2D eigenvalue weighted by atomic mass is 10.2. The Labute approximate surface area is 159 Å². The predicted molar refractivity (Wildman–Crippen MR) is 101 cm³/mol. The summed E-state index contributed by atoms with van der Waals surface area (Å²) in [5.74, 6) is 0.696. The molecule has 3 rings (SSSR count). The molecule has 10 heteroatoms. The molecule has 27 heavy (non-hydrogen) atoms. The van der Waals surface area contributed by atoms with E-state index in [9.17, 15) is 13.2 Å². The van der Waals surface area contributed by atoms with Gasteiger partial charge in [0.2, 0.25) is 10.0 Å². The maximum absolute atomic E-state index is 12.7. The molecule has 0 radical (unpaired) electrons. The summed E-state index contributed by atoms with van der Waals surface area (Å²) in [6, 6.07) is 1.48. The van der Waals surface area contributed by atoms with Crippen molar-refractivity contribution < 1.29 is 13.2 Å². The van der Waals surface area contributed by atoms with Crippen LogP contribution < -0.4 is 0 Å². The summed E-state index contributed by atoms with van der Waals surface area (Å²) in [4.78, 5) is 18.5. The summed E-state index contributed by atoms with van der Waals surface area (Å²) in [5.41, 5.74) is 0.400. The van der Waals surface area contributed by atoms with Gasteiger partial charge in [-0.15, -0.1) is 0 Å². The molecular weight excluding hydrogens is 368 g/mol. The molecule has 1 fully saturated rings. The highest BCUT2D eigenvalue weighted by Gasteiger charge is 2.35. The topological polar surface area (TPSA) is 93.3 Å². The summed E-state index contributed by atoms with van der Waals surface area (Å²) in [6.45, 7) is 6.34. The zero-order valence-electron chi connectivity index (χ0n) is 15.9. The van der Waals surface area contributed by atoms with Crippen LogP contribution in [0.1, 0.15) is 29.7 Å². The predicted octanol–water partition coefficient (Wildman–Crippen LogP) is 0.584. The Morgan fingerprint density at radius 3 is 2.74 bits per heavy atom. The van der Waals surface area contributed by atoms with Gasteiger partial charge >= 0.3 is 0 Å². The van der Waals surface area contributed by atoms with Crippen LogP contribution in [0.5, 0.6) is 0 Å². The first kappa shape index (κ1) is 19.6. The zero-order chi connectivity index (χ0) is 19.6. The average Bonchev–Trinajstić information content (AvgIpc) is 3.34. The van der Waals surface area contributed by atoms with Crippen LogP contribution >= 0.6 is 0 Å². The summed E-state index contributed by atoms with van der Waals surface area (Å²) in [7, 11) is -3.39. The van der Waals surface area contributed by atoms with E-state index < -0.39 is 10.0 Å². The molecule has 0 N–H and O–H groups in total. The van der Waals surface area contributed by atoms with Crippen LogP contribution in [0.2, 0.25) is 0 Å². The molecule has 1 atom stereocenters. The average molecular weight is 395 g/mol. The Balaban J connectivity index is 1.67. The second kappa shape index (κ2) is 7.81. The van der Waals surface area contributed by atoms with Gasteiger partial charge in [0, 0.05) is 57.4 Å². The van der Waals surface area contributed by atoms with E-state index in [-0.39, 0.29) is 11.9 Å². The molecular formula is C17H26N6O3S. The van der Waals surface area contributed by atoms with E-state index in [1.807, 2.05) is 24.6 Å². The van der Waals surface area contributed by atoms with Crippen molar-refractivity contribution in [3.63, 3.8) is 0 Å². The maximum atomic E-state index is 12.7. The van der Waals surface area contributed by atoms with Gasteiger partial charge in [-0.2, -0.15) is 9.40 Å². The number of aromatic nitrogens is 4. The van der Waals surface area contributed by atoms with E-state index in [0.717, 1.165) is 5.82 Å². The van der Waals surface area contributed by atoms with Crippen molar-refractivity contribution in [2.45, 2.75) is 39.4 Å². The Bertz CT molecular complexity index is 903. The van der Waals surface area contributed by atoms with Crippen LogP contribution in [0.4, 0.5) is 0 Å². The number of sulfonamides is 1. The number of imidazole rings is 1. The minimum absolute atomic E-state index is 0.149. The molecule has 0 spiro atoms. The molecule has 0 bridgehead atoms. The molecule has 0 aliphatic carbocycles. The van der Waals surface area contributed by atoms with E-state index >= 15 is 0 Å². The van der Waals surface area contributed by atoms with Crippen LogP contribution in [-0.4, -0.2) is 74.8 Å². The Kier molecular flexibility index (Phi) is 5.66. The number of rotatable bonds is 7. The number of nitrogens with zero attached hydrogens (tertiary/aromatic N) is 6. The molecule has 0 aromatic carbocycles. The number of carbonyl (C=O) groups excluding carboxylic acids is 1. The molecule has 2 aromatic rings. The van der Waals surface area contributed by atoms with Gasteiger partial charge in [-0.05, 0) is 26.3 Å². The van der Waals surface area contributed by atoms with Crippen molar-refractivity contribution in [2.24, 2.45) is 0 Å². The standard InChI is InChI=1S/C17H26N6O3S/c1-4-22-9-6-16(19-22)17(24)21-8-5-15(13-21)23(27(3,25)26)12-11-20-10-7-18-14(20)2/h6-7,9-10,15H,4-5,8,11-13H2,1-3H3. The van der Waals surface area contributed by atoms with Crippen molar-refractivity contribution in [3.05, 3.63) is 36.2 Å². The summed E-state index contributed by atoms with van der Waals surface area (Å²) >= 11 is 0. The maximum Gasteiger partial charge on any atom is 0.274 e. The van der Waals surface area contributed by atoms with Crippen molar-refractivity contribution >= 4 is 15.9 Å². The van der Waals surface area contributed by atoms with Gasteiger partial charge < -0.3 is 9.47 Å². The van der Waals surface area contributed by atoms with Crippen LogP contribution in [0.3, 0.4) is 0 Å². The first-order valence-electron chi connectivity index (χ1n) is 9.07. The minimum atomic E-state index is -3.39. The Morgan fingerprint density at radius 1 is 1.37 bits per heavy atom. The molecule has 1 aliphatic rings. The van der Waals surface area contributed by atoms with Gasteiger partial charge in [-0.1, -0.05) is 0 Å². The SMILES string of the molecule is CCn1ccc(C(=O)N2CCC(N(CCn3ccnc3C)S(C)(=O)=O)C2)n1. The highest BCUT2D eigenvalue weighted by molar-refractivity contribution is 7.88. The van der Waals surface area contributed by atoms with E-state index in [4.69, 9.17) is 0 Å². The van der Waals surface area contributed by atoms with E-state index in [1.165, 1.54) is 10.6 Å². The largest absolute Gasteiger partial charge is 0.336 e. The zero-order valence-corrected chi connectivity index (χ0v) is 16.8. The minimum Gasteiger partial charge on any atom is -0.336 e. The fourth-order valence-corrected chi connectivity index (χ4v) is 4.57. The lowest BCUT2D eigenvalue weighted by molar-refractivity contribution is 0.0777. The monoisotopic (exact) mass is 394 g/mol. The van der Waals surface area contributed by atoms with Gasteiger partial charge in [-0.25, -0.2) is 13.4 Å². The van der Waals surface area contributed by atoms with Crippen LogP contribution in [-0.2, 0) is 23.1 Å². The smallest absolute Gasteiger partial charge is 0.274 e. The van der Waals surface area contributed by atoms with Crippen molar-refractivity contribution in [1.29, 1.82) is 0 Å². The number of aryl methyl sites for hydroxylation is 2. The number of hydrogen-bond acceptors (Lipinski definition) is 5. The van der Waals surface area contributed by atoms with E-state index in [2.05, 4.69) is 10.1 Å². The van der Waals surface area contributed by atoms with Gasteiger partial charge in [0.15, 0.2) is 0 Å². The molecule has 3 heterocycles. The molecule has 9 nitrogen and oxygen atoms in total. The van der Waals surface area contributed by atoms with Gasteiger partial charge in [0.05, 0.1) is 6.26 Å². The summed E-state index contributed by atoms with van der Waals surface area (Å²) in [5, 5.41) is 4.26. The molecule has 1 aliphatic heterocycles. The van der Waals surface area contributed by atoms with Gasteiger partial charge in [0.25, 0.3) is 5.91 Å². The third-order valence-corrected chi connectivity index (χ3v) is 6.29. The third kappa shape index (κ3) is 4.38. The third-order valence-electron chi connectivity index (χ3n) is 4.95. The molecule has 1 saturated heterocycles. The summed E-state index contributed by atoms with van der Waals surface area (Å²) in [6.07, 6.45) is 7.16. The number of amides is 1. The molecule has 1 unspecified atom stereocenters. The fraction of sp³-hybridized carbons (Fsp3) is 0.588. The van der Waals surface area contributed by atoms with Crippen molar-refractivity contribution in [1.82, 2.24) is 28.5 Å². The van der Waals surface area contributed by atoms with E-state index in [1.54, 1.807) is 28.0 Å². The number of hydrogen-bond donors (Lipinski definition) is 0. The summed E-state index contributed by atoms with van der Waals surface area (Å²) < 4.78 is 29.8. The van der Waals surface area contributed by atoms with Crippen LogP contribution in [0.25, 0.3) is 0 Å².